The molecule has 1 aliphatic carbocycles. The van der Waals surface area contributed by atoms with E-state index in [9.17, 15) is 9.90 Å². The Morgan fingerprint density at radius 1 is 1.28 bits per heavy atom. The summed E-state index contributed by atoms with van der Waals surface area (Å²) in [5.74, 6) is 0. The average Bonchev–Trinajstić information content (AvgIpc) is 2.09. The van der Waals surface area contributed by atoms with E-state index in [1.165, 1.54) is 0 Å². The van der Waals surface area contributed by atoms with Gasteiger partial charge in [0.05, 0.1) is 5.60 Å². The van der Waals surface area contributed by atoms with Crippen LogP contribution in [0.25, 0.3) is 0 Å². The van der Waals surface area contributed by atoms with Gasteiger partial charge in [0, 0.05) is 18.5 Å². The van der Waals surface area contributed by atoms with Gasteiger partial charge in [0.15, 0.2) is 0 Å². The molecule has 0 aromatic carbocycles. The van der Waals surface area contributed by atoms with Crippen molar-refractivity contribution in [3.05, 3.63) is 0 Å². The van der Waals surface area contributed by atoms with E-state index in [-0.39, 0.29) is 11.5 Å². The highest BCUT2D eigenvalue weighted by atomic mass is 16.6. The molecular weight excluding hydrogens is 230 g/mol. The second-order valence-corrected chi connectivity index (χ2v) is 7.36. The highest BCUT2D eigenvalue weighted by Gasteiger charge is 2.51. The molecule has 4 nitrogen and oxygen atoms in total. The summed E-state index contributed by atoms with van der Waals surface area (Å²) in [5.41, 5.74) is -0.852. The van der Waals surface area contributed by atoms with Crippen molar-refractivity contribution in [3.8, 4) is 0 Å². The molecule has 0 bridgehead atoms. The zero-order valence-corrected chi connectivity index (χ0v) is 12.0. The van der Waals surface area contributed by atoms with Crippen molar-refractivity contribution in [2.75, 3.05) is 13.1 Å². The predicted molar refractivity (Wildman–Crippen MR) is 69.3 cm³/mol. The normalized spacial score (nSPS) is 31.1. The molecule has 104 valence electrons. The molecule has 1 N–H and O–H groups in total. The standard InChI is InChI=1S/C14H25NO3/c1-12(2,3)18-11(16)15-9-14(10-15)7-5-6-13(4,17)8-14/h17H,5-10H2,1-4H3. The Morgan fingerprint density at radius 3 is 2.39 bits per heavy atom. The van der Waals surface area contributed by atoms with Crippen LogP contribution < -0.4 is 0 Å². The van der Waals surface area contributed by atoms with Gasteiger partial charge in [-0.15, -0.1) is 0 Å². The zero-order chi connectivity index (χ0) is 13.6. The smallest absolute Gasteiger partial charge is 0.410 e. The summed E-state index contributed by atoms with van der Waals surface area (Å²) in [4.78, 5) is 13.6. The molecule has 1 heterocycles. The predicted octanol–water partition coefficient (Wildman–Crippen LogP) is 2.55. The van der Waals surface area contributed by atoms with Crippen LogP contribution in [0.3, 0.4) is 0 Å². The first-order chi connectivity index (χ1) is 8.11. The Bertz CT molecular complexity index is 337. The molecular formula is C14H25NO3. The third kappa shape index (κ3) is 2.97. The van der Waals surface area contributed by atoms with Crippen LogP contribution in [-0.4, -0.2) is 40.4 Å². The fourth-order valence-electron chi connectivity index (χ4n) is 3.32. The summed E-state index contributed by atoms with van der Waals surface area (Å²) in [6.07, 6.45) is 3.62. The van der Waals surface area contributed by atoms with E-state index in [2.05, 4.69) is 0 Å². The van der Waals surface area contributed by atoms with Crippen LogP contribution in [0.4, 0.5) is 4.79 Å². The van der Waals surface area contributed by atoms with E-state index in [4.69, 9.17) is 4.74 Å². The minimum Gasteiger partial charge on any atom is -0.444 e. The number of ether oxygens (including phenoxy) is 1. The molecule has 1 saturated carbocycles. The topological polar surface area (TPSA) is 49.8 Å². The van der Waals surface area contributed by atoms with Gasteiger partial charge in [-0.05, 0) is 53.4 Å². The third-order valence-corrected chi connectivity index (χ3v) is 3.88. The maximum absolute atomic E-state index is 11.9. The Hall–Kier alpha value is -0.770. The molecule has 1 amide bonds. The highest BCUT2D eigenvalue weighted by molar-refractivity contribution is 5.69. The molecule has 0 aromatic rings. The molecule has 0 aromatic heterocycles. The van der Waals surface area contributed by atoms with Crippen LogP contribution >= 0.6 is 0 Å². The van der Waals surface area contributed by atoms with Gasteiger partial charge in [-0.2, -0.15) is 0 Å². The number of hydrogen-bond acceptors (Lipinski definition) is 3. The van der Waals surface area contributed by atoms with Gasteiger partial charge in [0.2, 0.25) is 0 Å². The molecule has 1 aliphatic heterocycles. The number of hydrogen-bond donors (Lipinski definition) is 1. The first-order valence-corrected chi connectivity index (χ1v) is 6.81. The van der Waals surface area contributed by atoms with Crippen LogP contribution in [0, 0.1) is 5.41 Å². The lowest BCUT2D eigenvalue weighted by Crippen LogP contribution is -2.62. The van der Waals surface area contributed by atoms with Crippen molar-refractivity contribution in [1.82, 2.24) is 4.90 Å². The molecule has 4 heteroatoms. The monoisotopic (exact) mass is 255 g/mol. The second kappa shape index (κ2) is 4.12. The number of carbonyl (C=O) groups is 1. The Kier molecular flexibility index (Phi) is 3.13. The number of carbonyl (C=O) groups excluding carboxylic acids is 1. The van der Waals surface area contributed by atoms with Gasteiger partial charge in [-0.1, -0.05) is 0 Å². The van der Waals surface area contributed by atoms with Crippen LogP contribution in [0.5, 0.6) is 0 Å². The molecule has 2 aliphatic rings. The minimum absolute atomic E-state index is 0.138. The van der Waals surface area contributed by atoms with Gasteiger partial charge in [-0.25, -0.2) is 4.79 Å². The van der Waals surface area contributed by atoms with E-state index in [1.807, 2.05) is 27.7 Å². The van der Waals surface area contributed by atoms with Crippen molar-refractivity contribution < 1.29 is 14.6 Å². The van der Waals surface area contributed by atoms with Crippen LogP contribution in [-0.2, 0) is 4.74 Å². The van der Waals surface area contributed by atoms with E-state index < -0.39 is 11.2 Å². The highest BCUT2D eigenvalue weighted by Crippen LogP contribution is 2.47. The third-order valence-electron chi connectivity index (χ3n) is 3.88. The summed E-state index contributed by atoms with van der Waals surface area (Å²) in [6.45, 7) is 9.02. The van der Waals surface area contributed by atoms with Gasteiger partial charge < -0.3 is 14.7 Å². The van der Waals surface area contributed by atoms with Crippen molar-refractivity contribution in [1.29, 1.82) is 0 Å². The molecule has 1 atom stereocenters. The summed E-state index contributed by atoms with van der Waals surface area (Å²) in [6, 6.07) is 0. The number of aliphatic hydroxyl groups is 1. The minimum atomic E-state index is -0.557. The quantitative estimate of drug-likeness (QED) is 0.723. The first-order valence-electron chi connectivity index (χ1n) is 6.81. The molecule has 0 radical (unpaired) electrons. The van der Waals surface area contributed by atoms with Crippen LogP contribution in [0.1, 0.15) is 53.4 Å². The lowest BCUT2D eigenvalue weighted by Gasteiger charge is -2.55. The summed E-state index contributed by atoms with van der Waals surface area (Å²) >= 11 is 0. The summed E-state index contributed by atoms with van der Waals surface area (Å²) < 4.78 is 5.35. The number of nitrogens with zero attached hydrogens (tertiary/aromatic N) is 1. The van der Waals surface area contributed by atoms with Gasteiger partial charge in [-0.3, -0.25) is 0 Å². The maximum Gasteiger partial charge on any atom is 0.410 e. The number of amides is 1. The number of rotatable bonds is 0. The van der Waals surface area contributed by atoms with Crippen molar-refractivity contribution >= 4 is 6.09 Å². The zero-order valence-electron chi connectivity index (χ0n) is 12.0. The summed E-state index contributed by atoms with van der Waals surface area (Å²) in [5, 5.41) is 10.2. The SMILES string of the molecule is CC1(O)CCCC2(CN(C(=O)OC(C)(C)C)C2)C1. The Labute approximate surface area is 109 Å². The second-order valence-electron chi connectivity index (χ2n) is 7.36. The van der Waals surface area contributed by atoms with E-state index >= 15 is 0 Å². The lowest BCUT2D eigenvalue weighted by atomic mass is 9.64. The summed E-state index contributed by atoms with van der Waals surface area (Å²) in [7, 11) is 0. The lowest BCUT2D eigenvalue weighted by molar-refractivity contribution is -0.104. The molecule has 1 spiro atoms. The van der Waals surface area contributed by atoms with E-state index in [0.29, 0.717) is 0 Å². The fraction of sp³-hybridized carbons (Fsp3) is 0.929. The van der Waals surface area contributed by atoms with E-state index in [0.717, 1.165) is 38.8 Å². The van der Waals surface area contributed by atoms with Crippen LogP contribution in [0.15, 0.2) is 0 Å². The van der Waals surface area contributed by atoms with Gasteiger partial charge in [0.1, 0.15) is 5.60 Å². The molecule has 2 fully saturated rings. The maximum atomic E-state index is 11.9. The van der Waals surface area contributed by atoms with Crippen LogP contribution in [0.2, 0.25) is 0 Å². The molecule has 18 heavy (non-hydrogen) atoms. The average molecular weight is 255 g/mol. The van der Waals surface area contributed by atoms with Crippen molar-refractivity contribution in [2.24, 2.45) is 5.41 Å². The molecule has 1 unspecified atom stereocenters. The largest absolute Gasteiger partial charge is 0.444 e. The van der Waals surface area contributed by atoms with Crippen molar-refractivity contribution in [2.45, 2.75) is 64.6 Å². The van der Waals surface area contributed by atoms with Crippen molar-refractivity contribution in [3.63, 3.8) is 0 Å². The Balaban J connectivity index is 1.88. The van der Waals surface area contributed by atoms with Gasteiger partial charge in [0.25, 0.3) is 0 Å². The fourth-order valence-corrected chi connectivity index (χ4v) is 3.32. The molecule has 1 saturated heterocycles. The first kappa shape index (κ1) is 13.7. The van der Waals surface area contributed by atoms with E-state index in [1.54, 1.807) is 4.90 Å². The number of likely N-dealkylation sites (tertiary alicyclic amines) is 1. The Morgan fingerprint density at radius 2 is 1.89 bits per heavy atom. The van der Waals surface area contributed by atoms with Gasteiger partial charge >= 0.3 is 6.09 Å². The molecule has 2 rings (SSSR count).